The molecule has 2 aromatic rings. The number of hydrogen-bond acceptors (Lipinski definition) is 4. The lowest BCUT2D eigenvalue weighted by atomic mass is 10.0. The van der Waals surface area contributed by atoms with E-state index in [2.05, 4.69) is 34.6 Å². The molecule has 1 aromatic carbocycles. The molecule has 0 amide bonds. The molecule has 0 aliphatic carbocycles. The number of pyridine rings is 1. The van der Waals surface area contributed by atoms with Gasteiger partial charge >= 0.3 is 0 Å². The van der Waals surface area contributed by atoms with Gasteiger partial charge in [0.25, 0.3) is 0 Å². The predicted octanol–water partition coefficient (Wildman–Crippen LogP) is 2.66. The highest BCUT2D eigenvalue weighted by Crippen LogP contribution is 2.33. The van der Waals surface area contributed by atoms with Crippen LogP contribution in [0.2, 0.25) is 0 Å². The molecule has 4 heteroatoms. The van der Waals surface area contributed by atoms with Crippen LogP contribution < -0.4 is 14.8 Å². The number of nitrogens with zero attached hydrogens (tertiary/aromatic N) is 1. The van der Waals surface area contributed by atoms with Gasteiger partial charge in [0, 0.05) is 24.4 Å². The quantitative estimate of drug-likeness (QED) is 0.937. The van der Waals surface area contributed by atoms with Crippen LogP contribution in [0.4, 0.5) is 0 Å². The number of fused-ring (bicyclic) bond motifs is 1. The Labute approximate surface area is 125 Å². The van der Waals surface area contributed by atoms with Crippen molar-refractivity contribution in [3.05, 3.63) is 53.3 Å². The molecule has 1 aromatic heterocycles. The molecule has 110 valence electrons. The third-order valence-electron chi connectivity index (χ3n) is 3.70. The van der Waals surface area contributed by atoms with Gasteiger partial charge in [-0.2, -0.15) is 0 Å². The lowest BCUT2D eigenvalue weighted by Gasteiger charge is -2.22. The van der Waals surface area contributed by atoms with Gasteiger partial charge in [0.05, 0.1) is 0 Å². The summed E-state index contributed by atoms with van der Waals surface area (Å²) in [5, 5.41) is 3.35. The molecule has 0 radical (unpaired) electrons. The minimum absolute atomic E-state index is 0.205. The fourth-order valence-corrected chi connectivity index (χ4v) is 2.49. The number of rotatable bonds is 4. The van der Waals surface area contributed by atoms with Gasteiger partial charge in [-0.3, -0.25) is 4.98 Å². The Morgan fingerprint density at radius 3 is 2.67 bits per heavy atom. The average Bonchev–Trinajstić information content (AvgIpc) is 2.54. The molecule has 1 aliphatic heterocycles. The monoisotopic (exact) mass is 284 g/mol. The maximum atomic E-state index is 5.66. The smallest absolute Gasteiger partial charge is 0.161 e. The van der Waals surface area contributed by atoms with E-state index in [0.29, 0.717) is 13.2 Å². The molecule has 1 atom stereocenters. The van der Waals surface area contributed by atoms with E-state index in [-0.39, 0.29) is 6.04 Å². The van der Waals surface area contributed by atoms with Crippen LogP contribution in [0.15, 0.2) is 36.5 Å². The number of ether oxygens (including phenoxy) is 2. The van der Waals surface area contributed by atoms with Crippen LogP contribution in [0.5, 0.6) is 11.5 Å². The maximum absolute atomic E-state index is 5.66. The van der Waals surface area contributed by atoms with Crippen LogP contribution >= 0.6 is 0 Å². The second-order valence-electron chi connectivity index (χ2n) is 5.28. The molecular weight excluding hydrogens is 264 g/mol. The first-order valence-corrected chi connectivity index (χ1v) is 7.24. The predicted molar refractivity (Wildman–Crippen MR) is 81.9 cm³/mol. The second kappa shape index (κ2) is 6.14. The molecule has 21 heavy (non-hydrogen) atoms. The second-order valence-corrected chi connectivity index (χ2v) is 5.28. The van der Waals surface area contributed by atoms with Crippen LogP contribution in [-0.4, -0.2) is 25.2 Å². The van der Waals surface area contributed by atoms with E-state index < -0.39 is 0 Å². The average molecular weight is 284 g/mol. The highest BCUT2D eigenvalue weighted by Gasteiger charge is 2.16. The molecule has 0 bridgehead atoms. The van der Waals surface area contributed by atoms with Crippen molar-refractivity contribution in [2.24, 2.45) is 0 Å². The molecule has 4 nitrogen and oxygen atoms in total. The molecule has 1 unspecified atom stereocenters. The van der Waals surface area contributed by atoms with E-state index in [1.54, 1.807) is 0 Å². The van der Waals surface area contributed by atoms with Gasteiger partial charge in [0.15, 0.2) is 11.5 Å². The fourth-order valence-electron chi connectivity index (χ4n) is 2.49. The molecule has 1 aliphatic rings. The van der Waals surface area contributed by atoms with Gasteiger partial charge in [0.2, 0.25) is 0 Å². The zero-order chi connectivity index (χ0) is 14.7. The molecule has 0 spiro atoms. The molecule has 2 heterocycles. The minimum atomic E-state index is 0.205. The first-order chi connectivity index (χ1) is 10.3. The fraction of sp³-hybridized carbons (Fsp3) is 0.353. The van der Waals surface area contributed by atoms with Crippen LogP contribution in [0.1, 0.15) is 22.9 Å². The van der Waals surface area contributed by atoms with Crippen LogP contribution in [-0.2, 0) is 6.42 Å². The van der Waals surface area contributed by atoms with Crippen molar-refractivity contribution >= 4 is 0 Å². The molecular formula is C17H20N2O2. The van der Waals surface area contributed by atoms with Crippen molar-refractivity contribution in [3.63, 3.8) is 0 Å². The first kappa shape index (κ1) is 13.9. The summed E-state index contributed by atoms with van der Waals surface area (Å²) in [5.74, 6) is 1.66. The Hall–Kier alpha value is -2.07. The number of aryl methyl sites for hydroxylation is 1. The van der Waals surface area contributed by atoms with Crippen LogP contribution in [0.3, 0.4) is 0 Å². The Balaban J connectivity index is 1.81. The highest BCUT2D eigenvalue weighted by atomic mass is 16.6. The summed E-state index contributed by atoms with van der Waals surface area (Å²) in [6, 6.07) is 10.5. The number of nitrogens with one attached hydrogen (secondary N) is 1. The van der Waals surface area contributed by atoms with Crippen molar-refractivity contribution in [2.45, 2.75) is 19.4 Å². The van der Waals surface area contributed by atoms with E-state index >= 15 is 0 Å². The SMILES string of the molecule is CNC(Cc1ccc(C)cn1)c1ccc2c(c1)OCCO2. The normalized spacial score (nSPS) is 14.8. The van der Waals surface area contributed by atoms with Crippen molar-refractivity contribution < 1.29 is 9.47 Å². The molecule has 1 N–H and O–H groups in total. The third kappa shape index (κ3) is 3.16. The number of benzene rings is 1. The van der Waals surface area contributed by atoms with E-state index in [4.69, 9.17) is 9.47 Å². The maximum Gasteiger partial charge on any atom is 0.161 e. The number of hydrogen-bond donors (Lipinski definition) is 1. The standard InChI is InChI=1S/C17H20N2O2/c1-12-3-5-14(19-11-12)10-15(18-2)13-4-6-16-17(9-13)21-8-7-20-16/h3-6,9,11,15,18H,7-8,10H2,1-2H3. The summed E-state index contributed by atoms with van der Waals surface area (Å²) in [5.41, 5.74) is 3.44. The molecule has 0 saturated carbocycles. The summed E-state index contributed by atoms with van der Waals surface area (Å²) in [7, 11) is 1.97. The van der Waals surface area contributed by atoms with Crippen LogP contribution in [0, 0.1) is 6.92 Å². The van der Waals surface area contributed by atoms with Gasteiger partial charge in [-0.05, 0) is 43.3 Å². The molecule has 0 saturated heterocycles. The van der Waals surface area contributed by atoms with E-state index in [1.807, 2.05) is 26.2 Å². The van der Waals surface area contributed by atoms with E-state index in [1.165, 1.54) is 11.1 Å². The van der Waals surface area contributed by atoms with Gasteiger partial charge in [-0.15, -0.1) is 0 Å². The van der Waals surface area contributed by atoms with Crippen LogP contribution in [0.25, 0.3) is 0 Å². The van der Waals surface area contributed by atoms with Crippen molar-refractivity contribution in [1.29, 1.82) is 0 Å². The van der Waals surface area contributed by atoms with Crippen molar-refractivity contribution in [1.82, 2.24) is 10.3 Å². The highest BCUT2D eigenvalue weighted by molar-refractivity contribution is 5.44. The minimum Gasteiger partial charge on any atom is -0.486 e. The van der Waals surface area contributed by atoms with Gasteiger partial charge < -0.3 is 14.8 Å². The zero-order valence-corrected chi connectivity index (χ0v) is 12.4. The van der Waals surface area contributed by atoms with Gasteiger partial charge in [0.1, 0.15) is 13.2 Å². The largest absolute Gasteiger partial charge is 0.486 e. The topological polar surface area (TPSA) is 43.4 Å². The first-order valence-electron chi connectivity index (χ1n) is 7.24. The summed E-state index contributed by atoms with van der Waals surface area (Å²) < 4.78 is 11.2. The Kier molecular flexibility index (Phi) is 4.06. The number of likely N-dealkylation sites (N-methyl/N-ethyl adjacent to an activating group) is 1. The summed E-state index contributed by atoms with van der Waals surface area (Å²) in [4.78, 5) is 4.48. The lowest BCUT2D eigenvalue weighted by Crippen LogP contribution is -2.20. The third-order valence-corrected chi connectivity index (χ3v) is 3.70. The molecule has 3 rings (SSSR count). The van der Waals surface area contributed by atoms with Gasteiger partial charge in [-0.1, -0.05) is 12.1 Å². The Morgan fingerprint density at radius 2 is 1.95 bits per heavy atom. The van der Waals surface area contributed by atoms with E-state index in [0.717, 1.165) is 23.6 Å². The number of aromatic nitrogens is 1. The zero-order valence-electron chi connectivity index (χ0n) is 12.4. The lowest BCUT2D eigenvalue weighted by molar-refractivity contribution is 0.171. The van der Waals surface area contributed by atoms with Crippen molar-refractivity contribution in [2.75, 3.05) is 20.3 Å². The summed E-state index contributed by atoms with van der Waals surface area (Å²) in [6.07, 6.45) is 2.75. The Bertz CT molecular complexity index is 611. The van der Waals surface area contributed by atoms with Gasteiger partial charge in [-0.25, -0.2) is 0 Å². The summed E-state index contributed by atoms with van der Waals surface area (Å²) >= 11 is 0. The van der Waals surface area contributed by atoms with Crippen molar-refractivity contribution in [3.8, 4) is 11.5 Å². The molecule has 0 fully saturated rings. The van der Waals surface area contributed by atoms with E-state index in [9.17, 15) is 0 Å². The summed E-state index contributed by atoms with van der Waals surface area (Å²) in [6.45, 7) is 3.28. The Morgan fingerprint density at radius 1 is 1.14 bits per heavy atom.